The van der Waals surface area contributed by atoms with Crippen molar-refractivity contribution in [3.63, 3.8) is 0 Å². The Hall–Kier alpha value is -3.41. The summed E-state index contributed by atoms with van der Waals surface area (Å²) in [6.45, 7) is 3.00. The highest BCUT2D eigenvalue weighted by Gasteiger charge is 2.22. The van der Waals surface area contributed by atoms with Crippen molar-refractivity contribution < 1.29 is 19.1 Å². The van der Waals surface area contributed by atoms with E-state index in [2.05, 4.69) is 10.3 Å². The summed E-state index contributed by atoms with van der Waals surface area (Å²) in [4.78, 5) is 38.9. The van der Waals surface area contributed by atoms with Gasteiger partial charge in [0.05, 0.1) is 6.42 Å². The Kier molecular flexibility index (Phi) is 5.35. The minimum absolute atomic E-state index is 0.0475. The molecule has 3 aromatic rings. The van der Waals surface area contributed by atoms with Gasteiger partial charge in [0.1, 0.15) is 0 Å². The Bertz CT molecular complexity index is 989. The van der Waals surface area contributed by atoms with Crippen molar-refractivity contribution >= 4 is 34.3 Å². The fraction of sp³-hybridized carbons (Fsp3) is 0.190. The quantitative estimate of drug-likeness (QED) is 0.518. The first-order valence-electron chi connectivity index (χ1n) is 8.60. The number of hydrogen-bond donors (Lipinski definition) is 2. The van der Waals surface area contributed by atoms with Gasteiger partial charge in [0, 0.05) is 35.3 Å². The van der Waals surface area contributed by atoms with Crippen LogP contribution in [0.1, 0.15) is 29.8 Å². The zero-order valence-electron chi connectivity index (χ0n) is 15.1. The first-order chi connectivity index (χ1) is 12.9. The van der Waals surface area contributed by atoms with Crippen molar-refractivity contribution in [2.45, 2.75) is 26.4 Å². The number of fused-ring (bicyclic) bond motifs is 1. The smallest absolute Gasteiger partial charge is 0.310 e. The third-order valence-corrected chi connectivity index (χ3v) is 4.15. The van der Waals surface area contributed by atoms with Gasteiger partial charge in [0.2, 0.25) is 11.7 Å². The second-order valence-corrected chi connectivity index (χ2v) is 6.30. The average molecular weight is 364 g/mol. The number of ether oxygens (including phenoxy) is 1. The summed E-state index contributed by atoms with van der Waals surface area (Å²) in [6.07, 6.45) is 0.805. The molecule has 1 amide bonds. The third-order valence-electron chi connectivity index (χ3n) is 4.15. The molecule has 1 heterocycles. The van der Waals surface area contributed by atoms with E-state index in [1.165, 1.54) is 6.92 Å². The van der Waals surface area contributed by atoms with Crippen molar-refractivity contribution in [2.75, 3.05) is 5.32 Å². The SMILES string of the molecule is CC(=O)Nc1ccc(CC(=O)O[C@@H](C)C(=O)c2c[nH]c3ccccc23)cc1. The molecule has 0 bridgehead atoms. The molecule has 6 heteroatoms. The molecule has 0 aliphatic heterocycles. The second kappa shape index (κ2) is 7.86. The molecule has 0 spiro atoms. The summed E-state index contributed by atoms with van der Waals surface area (Å²) < 4.78 is 5.31. The first-order valence-corrected chi connectivity index (χ1v) is 8.60. The normalized spacial score (nSPS) is 11.8. The van der Waals surface area contributed by atoms with Gasteiger partial charge in [0.15, 0.2) is 6.10 Å². The predicted molar refractivity (Wildman–Crippen MR) is 103 cm³/mol. The van der Waals surface area contributed by atoms with Crippen LogP contribution in [-0.2, 0) is 20.7 Å². The molecule has 6 nitrogen and oxygen atoms in total. The maximum absolute atomic E-state index is 12.6. The average Bonchev–Trinajstić information content (AvgIpc) is 3.06. The molecule has 3 rings (SSSR count). The zero-order chi connectivity index (χ0) is 19.4. The summed E-state index contributed by atoms with van der Waals surface area (Å²) in [5, 5.41) is 3.46. The summed E-state index contributed by atoms with van der Waals surface area (Å²) >= 11 is 0. The molecular formula is C21H20N2O4. The number of anilines is 1. The lowest BCUT2D eigenvalue weighted by Crippen LogP contribution is -2.25. The molecule has 0 unspecified atom stereocenters. The molecule has 0 fully saturated rings. The van der Waals surface area contributed by atoms with Crippen LogP contribution in [0.3, 0.4) is 0 Å². The van der Waals surface area contributed by atoms with Crippen molar-refractivity contribution in [3.8, 4) is 0 Å². The van der Waals surface area contributed by atoms with Gasteiger partial charge in [0.25, 0.3) is 0 Å². The number of aromatic nitrogens is 1. The number of benzene rings is 2. The van der Waals surface area contributed by atoms with Gasteiger partial charge in [-0.05, 0) is 30.7 Å². The Morgan fingerprint density at radius 1 is 1.07 bits per heavy atom. The lowest BCUT2D eigenvalue weighted by molar-refractivity contribution is -0.145. The Labute approximate surface area is 156 Å². The molecule has 2 N–H and O–H groups in total. The molecule has 2 aromatic carbocycles. The molecule has 1 aromatic heterocycles. The lowest BCUT2D eigenvalue weighted by Gasteiger charge is -2.12. The topological polar surface area (TPSA) is 88.3 Å². The van der Waals surface area contributed by atoms with Crippen LogP contribution in [-0.4, -0.2) is 28.7 Å². The van der Waals surface area contributed by atoms with Crippen LogP contribution >= 0.6 is 0 Å². The molecular weight excluding hydrogens is 344 g/mol. The van der Waals surface area contributed by atoms with Gasteiger partial charge in [-0.3, -0.25) is 14.4 Å². The molecule has 0 saturated carbocycles. The highest BCUT2D eigenvalue weighted by molar-refractivity contribution is 6.10. The summed E-state index contributed by atoms with van der Waals surface area (Å²) in [5.41, 5.74) is 2.76. The Morgan fingerprint density at radius 2 is 1.78 bits per heavy atom. The maximum atomic E-state index is 12.6. The number of Topliss-reactive ketones (excluding diaryl/α,β-unsaturated/α-hetero) is 1. The fourth-order valence-corrected chi connectivity index (χ4v) is 2.86. The third kappa shape index (κ3) is 4.41. The van der Waals surface area contributed by atoms with Crippen molar-refractivity contribution in [1.82, 2.24) is 4.98 Å². The lowest BCUT2D eigenvalue weighted by atomic mass is 10.1. The summed E-state index contributed by atoms with van der Waals surface area (Å²) in [7, 11) is 0. The molecule has 0 aliphatic rings. The minimum atomic E-state index is -0.879. The standard InChI is InChI=1S/C21H20N2O4/c1-13(21(26)18-12-22-19-6-4-3-5-17(18)19)27-20(25)11-15-7-9-16(10-8-15)23-14(2)24/h3-10,12-13,22H,11H2,1-2H3,(H,23,24)/t13-/m0/s1. The Balaban J connectivity index is 1.61. The van der Waals surface area contributed by atoms with Crippen LogP contribution < -0.4 is 5.32 Å². The monoisotopic (exact) mass is 364 g/mol. The molecule has 0 saturated heterocycles. The van der Waals surface area contributed by atoms with Gasteiger partial charge >= 0.3 is 5.97 Å². The van der Waals surface area contributed by atoms with Gasteiger partial charge in [-0.1, -0.05) is 30.3 Å². The van der Waals surface area contributed by atoms with E-state index < -0.39 is 12.1 Å². The van der Waals surface area contributed by atoms with Gasteiger partial charge in [-0.15, -0.1) is 0 Å². The van der Waals surface area contributed by atoms with Gasteiger partial charge in [-0.25, -0.2) is 0 Å². The predicted octanol–water partition coefficient (Wildman–Crippen LogP) is 3.48. The zero-order valence-corrected chi connectivity index (χ0v) is 15.1. The number of para-hydroxylation sites is 1. The Morgan fingerprint density at radius 3 is 2.48 bits per heavy atom. The number of nitrogens with one attached hydrogen (secondary N) is 2. The number of aromatic amines is 1. The maximum Gasteiger partial charge on any atom is 0.310 e. The molecule has 138 valence electrons. The van der Waals surface area contributed by atoms with E-state index in [0.29, 0.717) is 11.3 Å². The van der Waals surface area contributed by atoms with Crippen molar-refractivity contribution in [1.29, 1.82) is 0 Å². The van der Waals surface area contributed by atoms with E-state index in [4.69, 9.17) is 4.74 Å². The van der Waals surface area contributed by atoms with E-state index in [1.54, 1.807) is 37.4 Å². The molecule has 27 heavy (non-hydrogen) atoms. The largest absolute Gasteiger partial charge is 0.454 e. The fourth-order valence-electron chi connectivity index (χ4n) is 2.86. The number of hydrogen-bond acceptors (Lipinski definition) is 4. The summed E-state index contributed by atoms with van der Waals surface area (Å²) in [5.74, 6) is -0.892. The van der Waals surface area contributed by atoms with E-state index in [0.717, 1.165) is 16.5 Å². The second-order valence-electron chi connectivity index (χ2n) is 6.30. The number of amides is 1. The van der Waals surface area contributed by atoms with Crippen molar-refractivity contribution in [3.05, 3.63) is 65.9 Å². The number of esters is 1. The number of ketones is 1. The molecule has 1 atom stereocenters. The van der Waals surface area contributed by atoms with Gasteiger partial charge in [-0.2, -0.15) is 0 Å². The van der Waals surface area contributed by atoms with Crippen LogP contribution in [0.2, 0.25) is 0 Å². The van der Waals surface area contributed by atoms with Crippen LogP contribution in [0.4, 0.5) is 5.69 Å². The van der Waals surface area contributed by atoms with Crippen LogP contribution in [0.15, 0.2) is 54.7 Å². The van der Waals surface area contributed by atoms with Gasteiger partial charge < -0.3 is 15.0 Å². The summed E-state index contributed by atoms with van der Waals surface area (Å²) in [6, 6.07) is 14.4. The van der Waals surface area contributed by atoms with E-state index in [-0.39, 0.29) is 18.1 Å². The van der Waals surface area contributed by atoms with E-state index >= 15 is 0 Å². The number of carbonyl (C=O) groups excluding carboxylic acids is 3. The van der Waals surface area contributed by atoms with Crippen LogP contribution in [0, 0.1) is 0 Å². The highest BCUT2D eigenvalue weighted by atomic mass is 16.5. The molecule has 0 radical (unpaired) electrons. The van der Waals surface area contributed by atoms with E-state index in [9.17, 15) is 14.4 Å². The number of rotatable bonds is 6. The van der Waals surface area contributed by atoms with Crippen molar-refractivity contribution in [2.24, 2.45) is 0 Å². The highest BCUT2D eigenvalue weighted by Crippen LogP contribution is 2.20. The number of H-pyrrole nitrogens is 1. The van der Waals surface area contributed by atoms with Crippen LogP contribution in [0.5, 0.6) is 0 Å². The molecule has 0 aliphatic carbocycles. The number of carbonyl (C=O) groups is 3. The minimum Gasteiger partial charge on any atom is -0.454 e. The van der Waals surface area contributed by atoms with E-state index in [1.807, 2.05) is 24.3 Å². The van der Waals surface area contributed by atoms with Crippen LogP contribution in [0.25, 0.3) is 10.9 Å². The first kappa shape index (κ1) is 18.4.